The summed E-state index contributed by atoms with van der Waals surface area (Å²) in [7, 11) is 0. The molecule has 3 aromatic rings. The standard InChI is InChI=1S/C16H12ClNOS/c1-10-2-4-11(5-3-10)14-15(19)18-16(20-14)12-6-8-13(17)9-7-12/h2-9,19H,1H3. The van der Waals surface area contributed by atoms with Crippen molar-refractivity contribution < 1.29 is 5.11 Å². The zero-order valence-electron chi connectivity index (χ0n) is 10.8. The summed E-state index contributed by atoms with van der Waals surface area (Å²) >= 11 is 7.35. The molecule has 4 heteroatoms. The monoisotopic (exact) mass is 301 g/mol. The first-order valence-electron chi connectivity index (χ1n) is 6.16. The number of aromatic nitrogens is 1. The fourth-order valence-corrected chi connectivity index (χ4v) is 3.02. The van der Waals surface area contributed by atoms with E-state index in [2.05, 4.69) is 4.98 Å². The number of nitrogens with zero attached hydrogens (tertiary/aromatic N) is 1. The van der Waals surface area contributed by atoms with Crippen LogP contribution >= 0.6 is 22.9 Å². The summed E-state index contributed by atoms with van der Waals surface area (Å²) in [4.78, 5) is 5.03. The van der Waals surface area contributed by atoms with Crippen LogP contribution in [0.4, 0.5) is 0 Å². The molecule has 1 heterocycles. The Morgan fingerprint density at radius 3 is 2.20 bits per heavy atom. The number of thiazole rings is 1. The molecule has 100 valence electrons. The van der Waals surface area contributed by atoms with Crippen LogP contribution in [0.15, 0.2) is 48.5 Å². The molecule has 0 spiro atoms. The summed E-state index contributed by atoms with van der Waals surface area (Å²) in [5.74, 6) is 0.0730. The molecular formula is C16H12ClNOS. The second kappa shape index (κ2) is 5.27. The number of rotatable bonds is 2. The summed E-state index contributed by atoms with van der Waals surface area (Å²) in [5.41, 5.74) is 3.12. The first-order chi connectivity index (χ1) is 9.63. The first kappa shape index (κ1) is 13.2. The lowest BCUT2D eigenvalue weighted by atomic mass is 10.1. The van der Waals surface area contributed by atoms with Gasteiger partial charge in [0, 0.05) is 10.6 Å². The molecule has 0 aliphatic carbocycles. The minimum atomic E-state index is 0.0730. The normalized spacial score (nSPS) is 10.7. The number of aromatic hydroxyl groups is 1. The Morgan fingerprint density at radius 1 is 0.950 bits per heavy atom. The molecule has 0 saturated carbocycles. The molecule has 0 amide bonds. The van der Waals surface area contributed by atoms with Gasteiger partial charge in [0.15, 0.2) is 0 Å². The molecule has 0 atom stereocenters. The van der Waals surface area contributed by atoms with Crippen LogP contribution in [-0.4, -0.2) is 10.1 Å². The fraction of sp³-hybridized carbons (Fsp3) is 0.0625. The van der Waals surface area contributed by atoms with Gasteiger partial charge in [-0.1, -0.05) is 53.6 Å². The maximum absolute atomic E-state index is 10.0. The SMILES string of the molecule is Cc1ccc(-c2sc(-c3ccc(Cl)cc3)nc2O)cc1. The quantitative estimate of drug-likeness (QED) is 0.710. The van der Waals surface area contributed by atoms with E-state index in [1.54, 1.807) is 0 Å². The zero-order chi connectivity index (χ0) is 14.1. The third kappa shape index (κ3) is 2.55. The topological polar surface area (TPSA) is 33.1 Å². The van der Waals surface area contributed by atoms with E-state index in [1.807, 2.05) is 55.5 Å². The Balaban J connectivity index is 2.02. The Labute approximate surface area is 126 Å². The van der Waals surface area contributed by atoms with Gasteiger partial charge in [0.2, 0.25) is 5.88 Å². The van der Waals surface area contributed by atoms with E-state index >= 15 is 0 Å². The molecule has 0 bridgehead atoms. The number of aryl methyl sites for hydroxylation is 1. The van der Waals surface area contributed by atoms with E-state index in [-0.39, 0.29) is 5.88 Å². The van der Waals surface area contributed by atoms with Crippen LogP contribution in [-0.2, 0) is 0 Å². The predicted molar refractivity (Wildman–Crippen MR) is 84.4 cm³/mol. The average molecular weight is 302 g/mol. The van der Waals surface area contributed by atoms with E-state index in [1.165, 1.54) is 16.9 Å². The minimum Gasteiger partial charge on any atom is -0.492 e. The number of halogens is 1. The van der Waals surface area contributed by atoms with Crippen molar-refractivity contribution in [1.82, 2.24) is 4.98 Å². The van der Waals surface area contributed by atoms with Crippen LogP contribution in [0, 0.1) is 6.92 Å². The van der Waals surface area contributed by atoms with E-state index in [0.717, 1.165) is 21.0 Å². The van der Waals surface area contributed by atoms with E-state index in [0.29, 0.717) is 5.02 Å². The van der Waals surface area contributed by atoms with Crippen LogP contribution in [0.2, 0.25) is 5.02 Å². The molecule has 0 fully saturated rings. The Hall–Kier alpha value is -1.84. The van der Waals surface area contributed by atoms with Crippen molar-refractivity contribution in [3.63, 3.8) is 0 Å². The highest BCUT2D eigenvalue weighted by Crippen LogP contribution is 2.39. The molecule has 2 nitrogen and oxygen atoms in total. The molecule has 0 radical (unpaired) electrons. The highest BCUT2D eigenvalue weighted by atomic mass is 35.5. The third-order valence-corrected chi connectivity index (χ3v) is 4.41. The fourth-order valence-electron chi connectivity index (χ4n) is 1.92. The summed E-state index contributed by atoms with van der Waals surface area (Å²) in [6.07, 6.45) is 0. The van der Waals surface area contributed by atoms with Crippen molar-refractivity contribution in [2.24, 2.45) is 0 Å². The van der Waals surface area contributed by atoms with Crippen molar-refractivity contribution in [1.29, 1.82) is 0 Å². The van der Waals surface area contributed by atoms with Gasteiger partial charge in [-0.05, 0) is 24.6 Å². The second-order valence-corrected chi connectivity index (χ2v) is 5.98. The average Bonchev–Trinajstić information content (AvgIpc) is 2.82. The van der Waals surface area contributed by atoms with Crippen LogP contribution in [0.5, 0.6) is 5.88 Å². The van der Waals surface area contributed by atoms with Gasteiger partial charge in [-0.3, -0.25) is 0 Å². The molecule has 0 aliphatic rings. The van der Waals surface area contributed by atoms with E-state index < -0.39 is 0 Å². The van der Waals surface area contributed by atoms with Crippen LogP contribution < -0.4 is 0 Å². The zero-order valence-corrected chi connectivity index (χ0v) is 12.4. The first-order valence-corrected chi connectivity index (χ1v) is 7.36. The van der Waals surface area contributed by atoms with Gasteiger partial charge < -0.3 is 5.11 Å². The van der Waals surface area contributed by atoms with Crippen molar-refractivity contribution >= 4 is 22.9 Å². The van der Waals surface area contributed by atoms with Crippen LogP contribution in [0.25, 0.3) is 21.0 Å². The van der Waals surface area contributed by atoms with Crippen LogP contribution in [0.3, 0.4) is 0 Å². The van der Waals surface area contributed by atoms with Gasteiger partial charge in [0.1, 0.15) is 5.01 Å². The number of hydrogen-bond acceptors (Lipinski definition) is 3. The lowest BCUT2D eigenvalue weighted by Crippen LogP contribution is -1.75. The van der Waals surface area contributed by atoms with Gasteiger partial charge >= 0.3 is 0 Å². The minimum absolute atomic E-state index is 0.0730. The van der Waals surface area contributed by atoms with E-state index in [4.69, 9.17) is 11.6 Å². The molecule has 2 aromatic carbocycles. The van der Waals surface area contributed by atoms with Crippen molar-refractivity contribution in [3.05, 3.63) is 59.1 Å². The lowest BCUT2D eigenvalue weighted by molar-refractivity contribution is 0.459. The Morgan fingerprint density at radius 2 is 1.55 bits per heavy atom. The molecule has 1 N–H and O–H groups in total. The maximum Gasteiger partial charge on any atom is 0.230 e. The van der Waals surface area contributed by atoms with Gasteiger partial charge in [-0.15, -0.1) is 11.3 Å². The third-order valence-electron chi connectivity index (χ3n) is 3.01. The van der Waals surface area contributed by atoms with Gasteiger partial charge in [0.05, 0.1) is 4.88 Å². The molecular weight excluding hydrogens is 290 g/mol. The summed E-state index contributed by atoms with van der Waals surface area (Å²) in [6, 6.07) is 15.5. The maximum atomic E-state index is 10.0. The predicted octanol–water partition coefficient (Wildman–Crippen LogP) is 5.14. The van der Waals surface area contributed by atoms with E-state index in [9.17, 15) is 5.11 Å². The molecule has 0 saturated heterocycles. The number of benzene rings is 2. The van der Waals surface area contributed by atoms with Gasteiger partial charge in [-0.25, -0.2) is 4.98 Å². The summed E-state index contributed by atoms with van der Waals surface area (Å²) in [6.45, 7) is 2.04. The molecule has 0 aliphatic heterocycles. The van der Waals surface area contributed by atoms with Crippen LogP contribution in [0.1, 0.15) is 5.56 Å². The summed E-state index contributed by atoms with van der Waals surface area (Å²) in [5, 5.41) is 11.5. The smallest absolute Gasteiger partial charge is 0.230 e. The van der Waals surface area contributed by atoms with Crippen molar-refractivity contribution in [2.45, 2.75) is 6.92 Å². The molecule has 3 rings (SSSR count). The molecule has 20 heavy (non-hydrogen) atoms. The lowest BCUT2D eigenvalue weighted by Gasteiger charge is -1.98. The molecule has 1 aromatic heterocycles. The largest absolute Gasteiger partial charge is 0.492 e. The van der Waals surface area contributed by atoms with Gasteiger partial charge in [-0.2, -0.15) is 0 Å². The van der Waals surface area contributed by atoms with Crippen molar-refractivity contribution in [3.8, 4) is 26.9 Å². The molecule has 0 unspecified atom stereocenters. The number of hydrogen-bond donors (Lipinski definition) is 1. The highest BCUT2D eigenvalue weighted by Gasteiger charge is 2.13. The highest BCUT2D eigenvalue weighted by molar-refractivity contribution is 7.18. The van der Waals surface area contributed by atoms with Crippen molar-refractivity contribution in [2.75, 3.05) is 0 Å². The van der Waals surface area contributed by atoms with Gasteiger partial charge in [0.25, 0.3) is 0 Å². The Kier molecular flexibility index (Phi) is 3.47. The Bertz CT molecular complexity index is 732. The second-order valence-electron chi connectivity index (χ2n) is 4.54. The summed E-state index contributed by atoms with van der Waals surface area (Å²) < 4.78 is 0.